The lowest BCUT2D eigenvalue weighted by Crippen LogP contribution is -2.20. The van der Waals surface area contributed by atoms with E-state index in [0.717, 1.165) is 30.1 Å². The van der Waals surface area contributed by atoms with Crippen LogP contribution >= 0.6 is 0 Å². The lowest BCUT2D eigenvalue weighted by atomic mass is 10.1. The van der Waals surface area contributed by atoms with Crippen molar-refractivity contribution in [1.29, 1.82) is 0 Å². The van der Waals surface area contributed by atoms with E-state index in [4.69, 9.17) is 10.5 Å². The van der Waals surface area contributed by atoms with Crippen LogP contribution in [0.1, 0.15) is 11.1 Å². The molecule has 4 heteroatoms. The van der Waals surface area contributed by atoms with Gasteiger partial charge in [-0.25, -0.2) is 4.98 Å². The number of anilines is 1. The van der Waals surface area contributed by atoms with Crippen molar-refractivity contribution in [2.45, 2.75) is 13.0 Å². The van der Waals surface area contributed by atoms with Gasteiger partial charge in [-0.15, -0.1) is 0 Å². The Kier molecular flexibility index (Phi) is 4.96. The number of rotatable bonds is 6. The zero-order valence-corrected chi connectivity index (χ0v) is 12.0. The van der Waals surface area contributed by atoms with Crippen molar-refractivity contribution in [3.05, 3.63) is 53.7 Å². The van der Waals surface area contributed by atoms with Gasteiger partial charge in [0.1, 0.15) is 11.6 Å². The van der Waals surface area contributed by atoms with Gasteiger partial charge in [0, 0.05) is 25.4 Å². The molecule has 2 N–H and O–H groups in total. The summed E-state index contributed by atoms with van der Waals surface area (Å²) in [5.74, 6) is 1.87. The summed E-state index contributed by atoms with van der Waals surface area (Å²) < 4.78 is 5.39. The number of aromatic nitrogens is 1. The molecule has 0 aliphatic rings. The molecule has 106 valence electrons. The first kappa shape index (κ1) is 14.3. The number of hydrogen-bond acceptors (Lipinski definition) is 4. The summed E-state index contributed by atoms with van der Waals surface area (Å²) in [6.07, 6.45) is 2.65. The van der Waals surface area contributed by atoms with Crippen LogP contribution in [-0.2, 0) is 13.0 Å². The van der Waals surface area contributed by atoms with E-state index in [1.807, 2.05) is 37.5 Å². The second kappa shape index (κ2) is 6.91. The number of benzene rings is 1. The fourth-order valence-electron chi connectivity index (χ4n) is 2.29. The fraction of sp³-hybridized carbons (Fsp3) is 0.312. The molecule has 2 aromatic rings. The number of ether oxygens (including phenoxy) is 1. The number of para-hydroxylation sites is 1. The SMILES string of the molecule is COc1ccccc1CN(C)c1ncccc1CCN. The zero-order chi connectivity index (χ0) is 14.4. The van der Waals surface area contributed by atoms with Gasteiger partial charge >= 0.3 is 0 Å². The minimum Gasteiger partial charge on any atom is -0.496 e. The minimum absolute atomic E-state index is 0.626. The third kappa shape index (κ3) is 3.27. The summed E-state index contributed by atoms with van der Waals surface area (Å²) in [5, 5.41) is 0. The van der Waals surface area contributed by atoms with Crippen LogP contribution in [0.2, 0.25) is 0 Å². The van der Waals surface area contributed by atoms with Gasteiger partial charge in [0.05, 0.1) is 7.11 Å². The van der Waals surface area contributed by atoms with Gasteiger partial charge in [0.2, 0.25) is 0 Å². The Morgan fingerprint density at radius 2 is 1.90 bits per heavy atom. The molecule has 2 rings (SSSR count). The van der Waals surface area contributed by atoms with Crippen molar-refractivity contribution in [3.63, 3.8) is 0 Å². The Morgan fingerprint density at radius 3 is 2.65 bits per heavy atom. The van der Waals surface area contributed by atoms with Gasteiger partial charge in [-0.1, -0.05) is 24.3 Å². The monoisotopic (exact) mass is 271 g/mol. The molecule has 0 saturated heterocycles. The minimum atomic E-state index is 0.626. The Bertz CT molecular complexity index is 557. The van der Waals surface area contributed by atoms with Crippen LogP contribution < -0.4 is 15.4 Å². The van der Waals surface area contributed by atoms with Crippen molar-refractivity contribution in [2.75, 3.05) is 25.6 Å². The molecule has 0 aliphatic heterocycles. The van der Waals surface area contributed by atoms with E-state index in [-0.39, 0.29) is 0 Å². The standard InChI is InChI=1S/C16H21N3O/c1-19(12-14-6-3-4-8-15(14)20-2)16-13(9-10-17)7-5-11-18-16/h3-8,11H,9-10,12,17H2,1-2H3. The first-order valence-corrected chi connectivity index (χ1v) is 6.73. The summed E-state index contributed by atoms with van der Waals surface area (Å²) >= 11 is 0. The lowest BCUT2D eigenvalue weighted by molar-refractivity contribution is 0.409. The average molecular weight is 271 g/mol. The molecule has 0 saturated carbocycles. The smallest absolute Gasteiger partial charge is 0.131 e. The summed E-state index contributed by atoms with van der Waals surface area (Å²) in [7, 11) is 3.73. The predicted octanol–water partition coefficient (Wildman–Crippen LogP) is 2.23. The molecule has 0 fully saturated rings. The highest BCUT2D eigenvalue weighted by Crippen LogP contribution is 2.23. The van der Waals surface area contributed by atoms with Crippen LogP contribution in [0.15, 0.2) is 42.6 Å². The number of methoxy groups -OCH3 is 1. The largest absolute Gasteiger partial charge is 0.496 e. The van der Waals surface area contributed by atoms with Crippen molar-refractivity contribution in [2.24, 2.45) is 5.73 Å². The third-order valence-corrected chi connectivity index (χ3v) is 3.24. The molecule has 0 atom stereocenters. The molecule has 0 bridgehead atoms. The number of pyridine rings is 1. The van der Waals surface area contributed by atoms with E-state index in [1.165, 1.54) is 5.56 Å². The van der Waals surface area contributed by atoms with E-state index in [0.29, 0.717) is 6.54 Å². The Hall–Kier alpha value is -2.07. The van der Waals surface area contributed by atoms with Gasteiger partial charge in [0.25, 0.3) is 0 Å². The highest BCUT2D eigenvalue weighted by Gasteiger charge is 2.10. The van der Waals surface area contributed by atoms with Gasteiger partial charge in [-0.2, -0.15) is 0 Å². The third-order valence-electron chi connectivity index (χ3n) is 3.24. The molecule has 4 nitrogen and oxygen atoms in total. The molecular formula is C16H21N3O. The van der Waals surface area contributed by atoms with E-state index in [1.54, 1.807) is 7.11 Å². The Morgan fingerprint density at radius 1 is 1.15 bits per heavy atom. The second-order valence-corrected chi connectivity index (χ2v) is 4.69. The van der Waals surface area contributed by atoms with E-state index in [9.17, 15) is 0 Å². The van der Waals surface area contributed by atoms with E-state index >= 15 is 0 Å². The fourth-order valence-corrected chi connectivity index (χ4v) is 2.29. The van der Waals surface area contributed by atoms with Crippen LogP contribution in [0.5, 0.6) is 5.75 Å². The van der Waals surface area contributed by atoms with Crippen molar-refractivity contribution in [1.82, 2.24) is 4.98 Å². The summed E-state index contributed by atoms with van der Waals surface area (Å²) in [4.78, 5) is 6.61. The highest BCUT2D eigenvalue weighted by atomic mass is 16.5. The Balaban J connectivity index is 2.21. The zero-order valence-electron chi connectivity index (χ0n) is 12.0. The number of nitrogens with zero attached hydrogens (tertiary/aromatic N) is 2. The molecule has 0 unspecified atom stereocenters. The Labute approximate surface area is 120 Å². The maximum Gasteiger partial charge on any atom is 0.131 e. The molecule has 1 aromatic carbocycles. The number of hydrogen-bond donors (Lipinski definition) is 1. The number of nitrogens with two attached hydrogens (primary N) is 1. The average Bonchev–Trinajstić information content (AvgIpc) is 2.48. The molecule has 20 heavy (non-hydrogen) atoms. The first-order valence-electron chi connectivity index (χ1n) is 6.73. The van der Waals surface area contributed by atoms with Crippen molar-refractivity contribution < 1.29 is 4.74 Å². The molecule has 0 spiro atoms. The molecule has 0 amide bonds. The van der Waals surface area contributed by atoms with Crippen LogP contribution in [0.25, 0.3) is 0 Å². The molecule has 1 heterocycles. The summed E-state index contributed by atoms with van der Waals surface area (Å²) in [6.45, 7) is 1.37. The van der Waals surface area contributed by atoms with Gasteiger partial charge < -0.3 is 15.4 Å². The molecule has 0 aliphatic carbocycles. The molecule has 0 radical (unpaired) electrons. The summed E-state index contributed by atoms with van der Waals surface area (Å²) in [6, 6.07) is 12.1. The van der Waals surface area contributed by atoms with Crippen molar-refractivity contribution in [3.8, 4) is 5.75 Å². The molecular weight excluding hydrogens is 250 g/mol. The summed E-state index contributed by atoms with van der Waals surface area (Å²) in [5.41, 5.74) is 7.98. The second-order valence-electron chi connectivity index (χ2n) is 4.69. The topological polar surface area (TPSA) is 51.4 Å². The highest BCUT2D eigenvalue weighted by molar-refractivity contribution is 5.48. The first-order chi connectivity index (χ1) is 9.76. The molecule has 1 aromatic heterocycles. The maximum atomic E-state index is 5.66. The van der Waals surface area contributed by atoms with Crippen LogP contribution in [0.4, 0.5) is 5.82 Å². The van der Waals surface area contributed by atoms with E-state index in [2.05, 4.69) is 22.0 Å². The van der Waals surface area contributed by atoms with Crippen molar-refractivity contribution >= 4 is 5.82 Å². The van der Waals surface area contributed by atoms with Gasteiger partial charge in [0.15, 0.2) is 0 Å². The quantitative estimate of drug-likeness (QED) is 0.875. The van der Waals surface area contributed by atoms with Crippen LogP contribution in [0, 0.1) is 0 Å². The normalized spacial score (nSPS) is 10.3. The van der Waals surface area contributed by atoms with Crippen LogP contribution in [0.3, 0.4) is 0 Å². The van der Waals surface area contributed by atoms with Crippen LogP contribution in [-0.4, -0.2) is 25.7 Å². The maximum absolute atomic E-state index is 5.66. The van der Waals surface area contributed by atoms with E-state index < -0.39 is 0 Å². The lowest BCUT2D eigenvalue weighted by Gasteiger charge is -2.22. The van der Waals surface area contributed by atoms with Gasteiger partial charge in [-0.05, 0) is 30.7 Å². The van der Waals surface area contributed by atoms with Gasteiger partial charge in [-0.3, -0.25) is 0 Å². The predicted molar refractivity (Wildman–Crippen MR) is 82.1 cm³/mol.